The molecule has 2 bridgehead atoms. The predicted octanol–water partition coefficient (Wildman–Crippen LogP) is 4.46. The van der Waals surface area contributed by atoms with Gasteiger partial charge in [0.15, 0.2) is 0 Å². The number of piperidine rings is 2. The van der Waals surface area contributed by atoms with Crippen molar-refractivity contribution in [2.75, 3.05) is 13.1 Å². The zero-order chi connectivity index (χ0) is 24.1. The van der Waals surface area contributed by atoms with Gasteiger partial charge in [-0.3, -0.25) is 9.59 Å². The summed E-state index contributed by atoms with van der Waals surface area (Å²) in [6.45, 7) is 8.16. The molecule has 0 saturated carbocycles. The highest BCUT2D eigenvalue weighted by molar-refractivity contribution is 5.89. The van der Waals surface area contributed by atoms with Gasteiger partial charge in [-0.2, -0.15) is 0 Å². The van der Waals surface area contributed by atoms with Gasteiger partial charge in [0.2, 0.25) is 11.8 Å². The van der Waals surface area contributed by atoms with Crippen LogP contribution in [0.2, 0.25) is 0 Å². The molecule has 5 rings (SSSR count). The van der Waals surface area contributed by atoms with Crippen molar-refractivity contribution in [3.63, 3.8) is 0 Å². The number of fused-ring (bicyclic) bond motifs is 4. The summed E-state index contributed by atoms with van der Waals surface area (Å²) in [6, 6.07) is 15.2. The Bertz CT molecular complexity index is 1100. The summed E-state index contributed by atoms with van der Waals surface area (Å²) in [5.74, 6) is 0.452. The highest BCUT2D eigenvalue weighted by atomic mass is 16.3. The third-order valence-electron chi connectivity index (χ3n) is 9.22. The van der Waals surface area contributed by atoms with E-state index in [1.807, 2.05) is 41.3 Å². The van der Waals surface area contributed by atoms with Crippen LogP contribution in [0, 0.1) is 5.41 Å². The van der Waals surface area contributed by atoms with Gasteiger partial charge in [0.1, 0.15) is 11.8 Å². The Labute approximate surface area is 202 Å². The minimum absolute atomic E-state index is 0.00690. The lowest BCUT2D eigenvalue weighted by molar-refractivity contribution is -0.156. The van der Waals surface area contributed by atoms with Gasteiger partial charge in [0, 0.05) is 24.5 Å². The number of hydrogen-bond donors (Lipinski definition) is 1. The van der Waals surface area contributed by atoms with Crippen LogP contribution in [-0.2, 0) is 27.8 Å². The van der Waals surface area contributed by atoms with Gasteiger partial charge in [0.25, 0.3) is 0 Å². The zero-order valence-electron chi connectivity index (χ0n) is 20.6. The average Bonchev–Trinajstić information content (AvgIpc) is 2.82. The molecule has 2 fully saturated rings. The summed E-state index contributed by atoms with van der Waals surface area (Å²) in [7, 11) is 0. The van der Waals surface area contributed by atoms with Crippen molar-refractivity contribution >= 4 is 11.8 Å². The Balaban J connectivity index is 1.43. The first kappa shape index (κ1) is 22.9. The molecule has 1 unspecified atom stereocenters. The van der Waals surface area contributed by atoms with E-state index in [2.05, 4.69) is 31.7 Å². The van der Waals surface area contributed by atoms with Crippen LogP contribution in [-0.4, -0.2) is 51.9 Å². The fourth-order valence-corrected chi connectivity index (χ4v) is 6.74. The molecule has 5 heteroatoms. The van der Waals surface area contributed by atoms with Crippen molar-refractivity contribution in [3.8, 4) is 5.75 Å². The number of benzene rings is 2. The molecular weight excluding hydrogens is 424 g/mol. The van der Waals surface area contributed by atoms with Crippen molar-refractivity contribution in [1.82, 2.24) is 9.80 Å². The van der Waals surface area contributed by atoms with Crippen LogP contribution < -0.4 is 0 Å². The van der Waals surface area contributed by atoms with Crippen LogP contribution in [0.25, 0.3) is 0 Å². The molecule has 2 amide bonds. The van der Waals surface area contributed by atoms with Crippen molar-refractivity contribution in [1.29, 1.82) is 0 Å². The number of hydrogen-bond acceptors (Lipinski definition) is 3. The second-order valence-electron chi connectivity index (χ2n) is 11.1. The third-order valence-corrected chi connectivity index (χ3v) is 9.22. The number of nitrogens with zero attached hydrogens (tertiary/aromatic N) is 2. The Morgan fingerprint density at radius 2 is 1.74 bits per heavy atom. The van der Waals surface area contributed by atoms with Gasteiger partial charge < -0.3 is 14.9 Å². The Morgan fingerprint density at radius 1 is 0.971 bits per heavy atom. The first-order valence-electron chi connectivity index (χ1n) is 12.7. The molecule has 5 nitrogen and oxygen atoms in total. The third kappa shape index (κ3) is 3.52. The van der Waals surface area contributed by atoms with Crippen LogP contribution in [0.1, 0.15) is 63.1 Å². The molecule has 2 aromatic carbocycles. The first-order valence-corrected chi connectivity index (χ1v) is 12.7. The van der Waals surface area contributed by atoms with Crippen LogP contribution in [0.4, 0.5) is 0 Å². The molecule has 3 atom stereocenters. The number of rotatable bonds is 3. The monoisotopic (exact) mass is 460 g/mol. The maximum atomic E-state index is 14.1. The maximum absolute atomic E-state index is 14.1. The summed E-state index contributed by atoms with van der Waals surface area (Å²) in [6.07, 6.45) is 4.47. The van der Waals surface area contributed by atoms with E-state index in [0.717, 1.165) is 36.8 Å². The minimum atomic E-state index is -0.393. The van der Waals surface area contributed by atoms with Crippen LogP contribution >= 0.6 is 0 Å². The summed E-state index contributed by atoms with van der Waals surface area (Å²) in [5, 5.41) is 10.7. The lowest BCUT2D eigenvalue weighted by Gasteiger charge is -2.61. The molecule has 2 saturated heterocycles. The van der Waals surface area contributed by atoms with E-state index in [1.165, 1.54) is 5.56 Å². The SMILES string of the molecule is CC1(C)[C@H]2Cc3c(O)cccc3[C@]1(C)CCN2C(=O)C1CCCCN1C(=O)Cc1ccccc1. The summed E-state index contributed by atoms with van der Waals surface area (Å²) < 4.78 is 0. The molecule has 1 aliphatic carbocycles. The Hall–Kier alpha value is -2.82. The van der Waals surface area contributed by atoms with Crippen molar-refractivity contribution in [3.05, 3.63) is 65.2 Å². The molecule has 180 valence electrons. The molecule has 2 heterocycles. The first-order chi connectivity index (χ1) is 16.2. The van der Waals surface area contributed by atoms with Gasteiger partial charge in [-0.25, -0.2) is 0 Å². The van der Waals surface area contributed by atoms with E-state index in [9.17, 15) is 14.7 Å². The van der Waals surface area contributed by atoms with Gasteiger partial charge in [-0.1, -0.05) is 63.2 Å². The van der Waals surface area contributed by atoms with E-state index in [0.29, 0.717) is 31.7 Å². The smallest absolute Gasteiger partial charge is 0.245 e. The highest BCUT2D eigenvalue weighted by Crippen LogP contribution is 2.57. The minimum Gasteiger partial charge on any atom is -0.508 e. The molecule has 0 spiro atoms. The topological polar surface area (TPSA) is 60.9 Å². The van der Waals surface area contributed by atoms with Crippen molar-refractivity contribution in [2.45, 2.75) is 76.8 Å². The lowest BCUT2D eigenvalue weighted by atomic mass is 9.51. The van der Waals surface area contributed by atoms with E-state index in [1.54, 1.807) is 6.07 Å². The molecule has 0 aromatic heterocycles. The molecular formula is C29H36N2O3. The quantitative estimate of drug-likeness (QED) is 0.736. The summed E-state index contributed by atoms with van der Waals surface area (Å²) >= 11 is 0. The van der Waals surface area contributed by atoms with E-state index in [4.69, 9.17) is 0 Å². The fraction of sp³-hybridized carbons (Fsp3) is 0.517. The highest BCUT2D eigenvalue weighted by Gasteiger charge is 2.58. The molecule has 34 heavy (non-hydrogen) atoms. The van der Waals surface area contributed by atoms with Gasteiger partial charge >= 0.3 is 0 Å². The largest absolute Gasteiger partial charge is 0.508 e. The summed E-state index contributed by atoms with van der Waals surface area (Å²) in [5.41, 5.74) is 2.93. The van der Waals surface area contributed by atoms with E-state index >= 15 is 0 Å². The second-order valence-corrected chi connectivity index (χ2v) is 11.1. The molecule has 2 aliphatic heterocycles. The number of carbonyl (C=O) groups is 2. The fourth-order valence-electron chi connectivity index (χ4n) is 6.74. The number of amides is 2. The van der Waals surface area contributed by atoms with Crippen LogP contribution in [0.5, 0.6) is 5.75 Å². The molecule has 3 aliphatic rings. The van der Waals surface area contributed by atoms with Gasteiger partial charge in [-0.05, 0) is 60.3 Å². The maximum Gasteiger partial charge on any atom is 0.245 e. The average molecular weight is 461 g/mol. The number of carbonyl (C=O) groups excluding carboxylic acids is 2. The van der Waals surface area contributed by atoms with Gasteiger partial charge in [-0.15, -0.1) is 0 Å². The molecule has 1 N–H and O–H groups in total. The normalized spacial score (nSPS) is 27.7. The molecule has 2 aromatic rings. The number of phenolic OH excluding ortho intramolecular Hbond substituents is 1. The molecule has 0 radical (unpaired) electrons. The number of aromatic hydroxyl groups is 1. The zero-order valence-corrected chi connectivity index (χ0v) is 20.6. The van der Waals surface area contributed by atoms with E-state index < -0.39 is 6.04 Å². The van der Waals surface area contributed by atoms with Crippen LogP contribution in [0.3, 0.4) is 0 Å². The lowest BCUT2D eigenvalue weighted by Crippen LogP contribution is -2.67. The Kier molecular flexibility index (Phi) is 5.70. The van der Waals surface area contributed by atoms with Gasteiger partial charge in [0.05, 0.1) is 6.42 Å². The van der Waals surface area contributed by atoms with E-state index in [-0.39, 0.29) is 28.7 Å². The number of phenols is 1. The number of likely N-dealkylation sites (tertiary alicyclic amines) is 2. The Morgan fingerprint density at radius 3 is 2.50 bits per heavy atom. The second kappa shape index (κ2) is 8.44. The predicted molar refractivity (Wildman–Crippen MR) is 133 cm³/mol. The van der Waals surface area contributed by atoms with Crippen molar-refractivity contribution in [2.24, 2.45) is 5.41 Å². The summed E-state index contributed by atoms with van der Waals surface area (Å²) in [4.78, 5) is 31.3. The van der Waals surface area contributed by atoms with Crippen molar-refractivity contribution < 1.29 is 14.7 Å². The standard InChI is InChI=1S/C29H36N2O3/c1-28(2)25-19-21-22(12-9-14-24(21)32)29(28,3)15-17-31(25)27(34)23-13-7-8-16-30(23)26(33)18-20-10-5-4-6-11-20/h4-6,9-12,14,23,25,32H,7-8,13,15-19H2,1-3H3/t23?,25-,29+/m1/s1. The van der Waals surface area contributed by atoms with Crippen LogP contribution in [0.15, 0.2) is 48.5 Å².